The van der Waals surface area contributed by atoms with Crippen LogP contribution in [0.1, 0.15) is 43.5 Å². The van der Waals surface area contributed by atoms with E-state index in [1.165, 1.54) is 19.3 Å². The SMILES string of the molecule is CCNC(=O)c1ccc(N)cc1N1CCCC(CC)C1. The van der Waals surface area contributed by atoms with Crippen LogP contribution in [0, 0.1) is 5.92 Å². The number of carbonyl (C=O) groups is 1. The first-order valence-electron chi connectivity index (χ1n) is 7.58. The third kappa shape index (κ3) is 3.24. The van der Waals surface area contributed by atoms with Gasteiger partial charge in [0.2, 0.25) is 0 Å². The second-order valence-corrected chi connectivity index (χ2v) is 5.50. The lowest BCUT2D eigenvalue weighted by molar-refractivity contribution is 0.0956. The summed E-state index contributed by atoms with van der Waals surface area (Å²) >= 11 is 0. The Bertz CT molecular complexity index is 473. The minimum absolute atomic E-state index is 0.0129. The predicted molar refractivity (Wildman–Crippen MR) is 84.1 cm³/mol. The van der Waals surface area contributed by atoms with E-state index in [1.807, 2.05) is 19.1 Å². The van der Waals surface area contributed by atoms with Crippen molar-refractivity contribution in [2.24, 2.45) is 5.92 Å². The lowest BCUT2D eigenvalue weighted by Gasteiger charge is -2.35. The molecule has 0 saturated carbocycles. The van der Waals surface area contributed by atoms with Gasteiger partial charge in [0, 0.05) is 25.3 Å². The molecule has 4 nitrogen and oxygen atoms in total. The van der Waals surface area contributed by atoms with Crippen molar-refractivity contribution in [3.05, 3.63) is 23.8 Å². The van der Waals surface area contributed by atoms with E-state index in [9.17, 15) is 4.79 Å². The number of rotatable bonds is 4. The number of piperidine rings is 1. The molecule has 0 aliphatic carbocycles. The van der Waals surface area contributed by atoms with Gasteiger partial charge in [0.15, 0.2) is 0 Å². The van der Waals surface area contributed by atoms with Gasteiger partial charge in [-0.3, -0.25) is 4.79 Å². The van der Waals surface area contributed by atoms with E-state index in [-0.39, 0.29) is 5.91 Å². The van der Waals surface area contributed by atoms with Crippen molar-refractivity contribution in [3.8, 4) is 0 Å². The summed E-state index contributed by atoms with van der Waals surface area (Å²) in [6.07, 6.45) is 3.66. The Morgan fingerprint density at radius 1 is 1.45 bits per heavy atom. The maximum absolute atomic E-state index is 12.2. The molecule has 3 N–H and O–H groups in total. The van der Waals surface area contributed by atoms with Gasteiger partial charge < -0.3 is 16.0 Å². The fraction of sp³-hybridized carbons (Fsp3) is 0.562. The molecular formula is C16H25N3O. The summed E-state index contributed by atoms with van der Waals surface area (Å²) in [5, 5.41) is 2.88. The highest BCUT2D eigenvalue weighted by Gasteiger charge is 2.22. The van der Waals surface area contributed by atoms with Crippen molar-refractivity contribution < 1.29 is 4.79 Å². The number of nitrogens with one attached hydrogen (secondary N) is 1. The standard InChI is InChI=1S/C16H25N3O/c1-3-12-6-5-9-19(11-12)15-10-13(17)7-8-14(15)16(20)18-4-2/h7-8,10,12H,3-6,9,11,17H2,1-2H3,(H,18,20). The van der Waals surface area contributed by atoms with E-state index >= 15 is 0 Å². The molecular weight excluding hydrogens is 250 g/mol. The molecule has 1 amide bonds. The van der Waals surface area contributed by atoms with E-state index < -0.39 is 0 Å². The molecule has 4 heteroatoms. The van der Waals surface area contributed by atoms with Gasteiger partial charge in [-0.1, -0.05) is 13.3 Å². The van der Waals surface area contributed by atoms with Crippen LogP contribution in [0.15, 0.2) is 18.2 Å². The molecule has 1 aliphatic heterocycles. The Hall–Kier alpha value is -1.71. The van der Waals surface area contributed by atoms with Crippen LogP contribution in [-0.4, -0.2) is 25.5 Å². The van der Waals surface area contributed by atoms with Crippen LogP contribution in [0.2, 0.25) is 0 Å². The normalized spacial score (nSPS) is 18.9. The van der Waals surface area contributed by atoms with Crippen molar-refractivity contribution >= 4 is 17.3 Å². The molecule has 1 aromatic carbocycles. The number of nitrogen functional groups attached to an aromatic ring is 1. The van der Waals surface area contributed by atoms with Gasteiger partial charge in [-0.25, -0.2) is 0 Å². The van der Waals surface area contributed by atoms with Gasteiger partial charge in [-0.05, 0) is 43.9 Å². The Morgan fingerprint density at radius 2 is 2.25 bits per heavy atom. The molecule has 110 valence electrons. The number of nitrogens with two attached hydrogens (primary N) is 1. The molecule has 0 aromatic heterocycles. The van der Waals surface area contributed by atoms with Gasteiger partial charge in [0.1, 0.15) is 0 Å². The zero-order valence-corrected chi connectivity index (χ0v) is 12.5. The lowest BCUT2D eigenvalue weighted by atomic mass is 9.94. The Balaban J connectivity index is 2.28. The second-order valence-electron chi connectivity index (χ2n) is 5.50. The summed E-state index contributed by atoms with van der Waals surface area (Å²) in [5.74, 6) is 0.702. The molecule has 1 aliphatic rings. The highest BCUT2D eigenvalue weighted by molar-refractivity contribution is 6.00. The highest BCUT2D eigenvalue weighted by Crippen LogP contribution is 2.29. The zero-order chi connectivity index (χ0) is 14.5. The fourth-order valence-electron chi connectivity index (χ4n) is 2.88. The zero-order valence-electron chi connectivity index (χ0n) is 12.5. The Kier molecular flexibility index (Phi) is 4.88. The molecule has 2 rings (SSSR count). The van der Waals surface area contributed by atoms with Crippen LogP contribution in [-0.2, 0) is 0 Å². The van der Waals surface area contributed by atoms with Crippen molar-refractivity contribution in [1.82, 2.24) is 5.32 Å². The first-order chi connectivity index (χ1) is 9.65. The van der Waals surface area contributed by atoms with E-state index in [2.05, 4.69) is 17.1 Å². The van der Waals surface area contributed by atoms with Crippen LogP contribution in [0.4, 0.5) is 11.4 Å². The second kappa shape index (κ2) is 6.64. The number of amides is 1. The summed E-state index contributed by atoms with van der Waals surface area (Å²) in [7, 11) is 0. The summed E-state index contributed by atoms with van der Waals surface area (Å²) in [6, 6.07) is 5.57. The monoisotopic (exact) mass is 275 g/mol. The molecule has 20 heavy (non-hydrogen) atoms. The fourth-order valence-corrected chi connectivity index (χ4v) is 2.88. The molecule has 1 aromatic rings. The molecule has 1 heterocycles. The third-order valence-corrected chi connectivity index (χ3v) is 4.04. The van der Waals surface area contributed by atoms with Crippen LogP contribution in [0.25, 0.3) is 0 Å². The van der Waals surface area contributed by atoms with Gasteiger partial charge >= 0.3 is 0 Å². The average Bonchev–Trinajstić information content (AvgIpc) is 2.47. The van der Waals surface area contributed by atoms with Crippen LogP contribution in [0.5, 0.6) is 0 Å². The summed E-state index contributed by atoms with van der Waals surface area (Å²) in [6.45, 7) is 6.83. The summed E-state index contributed by atoms with van der Waals surface area (Å²) in [4.78, 5) is 14.5. The first kappa shape index (κ1) is 14.7. The molecule has 1 atom stereocenters. The van der Waals surface area contributed by atoms with Crippen LogP contribution < -0.4 is 16.0 Å². The van der Waals surface area contributed by atoms with E-state index in [4.69, 9.17) is 5.73 Å². The maximum Gasteiger partial charge on any atom is 0.253 e. The smallest absolute Gasteiger partial charge is 0.253 e. The number of benzene rings is 1. The average molecular weight is 275 g/mol. The van der Waals surface area contributed by atoms with E-state index in [0.717, 1.165) is 24.3 Å². The van der Waals surface area contributed by atoms with Crippen LogP contribution in [0.3, 0.4) is 0 Å². The van der Waals surface area contributed by atoms with Gasteiger partial charge in [-0.15, -0.1) is 0 Å². The molecule has 0 radical (unpaired) electrons. The maximum atomic E-state index is 12.2. The van der Waals surface area contributed by atoms with Gasteiger partial charge in [0.25, 0.3) is 5.91 Å². The van der Waals surface area contributed by atoms with Crippen LogP contribution >= 0.6 is 0 Å². The number of carbonyl (C=O) groups excluding carboxylic acids is 1. The topological polar surface area (TPSA) is 58.4 Å². The quantitative estimate of drug-likeness (QED) is 0.831. The number of anilines is 2. The Labute approximate surface area is 121 Å². The van der Waals surface area contributed by atoms with Gasteiger partial charge in [0.05, 0.1) is 11.3 Å². The molecule has 0 spiro atoms. The minimum Gasteiger partial charge on any atom is -0.399 e. The first-order valence-corrected chi connectivity index (χ1v) is 7.58. The molecule has 1 fully saturated rings. The number of hydrogen-bond acceptors (Lipinski definition) is 3. The van der Waals surface area contributed by atoms with Crippen molar-refractivity contribution in [2.45, 2.75) is 33.1 Å². The Morgan fingerprint density at radius 3 is 2.95 bits per heavy atom. The van der Waals surface area contributed by atoms with Gasteiger partial charge in [-0.2, -0.15) is 0 Å². The summed E-state index contributed by atoms with van der Waals surface area (Å²) < 4.78 is 0. The largest absolute Gasteiger partial charge is 0.399 e. The van der Waals surface area contributed by atoms with E-state index in [1.54, 1.807) is 6.07 Å². The van der Waals surface area contributed by atoms with E-state index in [0.29, 0.717) is 18.2 Å². The number of nitrogens with zero attached hydrogens (tertiary/aromatic N) is 1. The van der Waals surface area contributed by atoms with Crippen molar-refractivity contribution in [3.63, 3.8) is 0 Å². The number of hydrogen-bond donors (Lipinski definition) is 2. The highest BCUT2D eigenvalue weighted by atomic mass is 16.1. The predicted octanol–water partition coefficient (Wildman–Crippen LogP) is 2.64. The summed E-state index contributed by atoms with van der Waals surface area (Å²) in [5.41, 5.74) is 8.35. The molecule has 1 unspecified atom stereocenters. The lowest BCUT2D eigenvalue weighted by Crippen LogP contribution is -2.37. The van der Waals surface area contributed by atoms with Crippen molar-refractivity contribution in [2.75, 3.05) is 30.3 Å². The third-order valence-electron chi connectivity index (χ3n) is 4.04. The molecule has 1 saturated heterocycles. The molecule has 0 bridgehead atoms. The minimum atomic E-state index is -0.0129. The van der Waals surface area contributed by atoms with Crippen molar-refractivity contribution in [1.29, 1.82) is 0 Å².